The van der Waals surface area contributed by atoms with Gasteiger partial charge in [0.25, 0.3) is 0 Å². The van der Waals surface area contributed by atoms with E-state index in [0.717, 1.165) is 11.8 Å². The molecule has 1 aliphatic heterocycles. The zero-order valence-corrected chi connectivity index (χ0v) is 19.1. The van der Waals surface area contributed by atoms with Crippen molar-refractivity contribution in [2.24, 2.45) is 10.2 Å². The monoisotopic (exact) mass is 493 g/mol. The molecule has 0 spiro atoms. The van der Waals surface area contributed by atoms with Crippen molar-refractivity contribution in [3.63, 3.8) is 0 Å². The number of amidine groups is 1. The molecular formula is C20H19N3O8S2. The van der Waals surface area contributed by atoms with Crippen LogP contribution in [0, 0.1) is 0 Å². The van der Waals surface area contributed by atoms with E-state index in [1.807, 2.05) is 0 Å². The molecule has 0 saturated carbocycles. The number of aliphatic carboxylic acids is 1. The number of hydrogen-bond donors (Lipinski definition) is 2. The molecule has 0 aromatic heterocycles. The van der Waals surface area contributed by atoms with Crippen molar-refractivity contribution in [2.45, 2.75) is 16.6 Å². The van der Waals surface area contributed by atoms with Crippen LogP contribution in [0.5, 0.6) is 17.2 Å². The van der Waals surface area contributed by atoms with Crippen molar-refractivity contribution in [3.05, 3.63) is 48.0 Å². The van der Waals surface area contributed by atoms with E-state index in [1.54, 1.807) is 6.07 Å². The highest BCUT2D eigenvalue weighted by Crippen LogP contribution is 2.31. The largest absolute Gasteiger partial charge is 0.497 e. The number of nitrogens with zero attached hydrogens (tertiary/aromatic N) is 2. The summed E-state index contributed by atoms with van der Waals surface area (Å²) in [6.45, 7) is 0. The second-order valence-electron chi connectivity index (χ2n) is 6.47. The Bertz CT molecular complexity index is 1210. The number of carboxylic acids is 1. The Balaban J connectivity index is 1.72. The number of hydrogen-bond acceptors (Lipinski definition) is 10. The fourth-order valence-corrected chi connectivity index (χ4v) is 4.49. The summed E-state index contributed by atoms with van der Waals surface area (Å²) in [7, 11) is -1.28. The number of amides is 1. The van der Waals surface area contributed by atoms with E-state index in [4.69, 9.17) is 18.8 Å². The smallest absolute Gasteiger partial charge is 0.339 e. The summed E-state index contributed by atoms with van der Waals surface area (Å²) < 4.78 is 40.6. The number of nitrogens with one attached hydrogen (secondary N) is 1. The van der Waals surface area contributed by atoms with Gasteiger partial charge in [0, 0.05) is 0 Å². The number of methoxy groups -OCH3 is 2. The van der Waals surface area contributed by atoms with Crippen LogP contribution in [0.25, 0.3) is 0 Å². The molecule has 1 atom stereocenters. The first-order valence-electron chi connectivity index (χ1n) is 9.29. The van der Waals surface area contributed by atoms with Crippen LogP contribution in [0.1, 0.15) is 12.0 Å². The number of ether oxygens (including phenoxy) is 2. The minimum Gasteiger partial charge on any atom is -0.497 e. The second kappa shape index (κ2) is 10.4. The van der Waals surface area contributed by atoms with Gasteiger partial charge < -0.3 is 24.1 Å². The van der Waals surface area contributed by atoms with E-state index in [1.165, 1.54) is 56.8 Å². The molecule has 0 bridgehead atoms. The molecule has 2 N–H and O–H groups in total. The lowest BCUT2D eigenvalue weighted by atomic mass is 10.2. The fourth-order valence-electron chi connectivity index (χ4n) is 2.64. The second-order valence-corrected chi connectivity index (χ2v) is 9.20. The van der Waals surface area contributed by atoms with Crippen LogP contribution < -0.4 is 19.0 Å². The van der Waals surface area contributed by atoms with E-state index in [0.29, 0.717) is 11.3 Å². The van der Waals surface area contributed by atoms with Crippen molar-refractivity contribution in [2.75, 3.05) is 14.2 Å². The predicted molar refractivity (Wildman–Crippen MR) is 121 cm³/mol. The summed E-state index contributed by atoms with van der Waals surface area (Å²) in [6.07, 6.45) is 1.03. The Morgan fingerprint density at radius 2 is 1.88 bits per heavy atom. The van der Waals surface area contributed by atoms with Gasteiger partial charge in [0.2, 0.25) is 5.91 Å². The van der Waals surface area contributed by atoms with Gasteiger partial charge >= 0.3 is 16.1 Å². The highest BCUT2D eigenvalue weighted by Gasteiger charge is 2.32. The molecule has 2 aromatic rings. The quantitative estimate of drug-likeness (QED) is 0.303. The summed E-state index contributed by atoms with van der Waals surface area (Å²) >= 11 is 0.974. The molecule has 1 heterocycles. The minimum absolute atomic E-state index is 0.0214. The molecule has 1 aliphatic rings. The van der Waals surface area contributed by atoms with E-state index in [-0.39, 0.29) is 28.0 Å². The van der Waals surface area contributed by atoms with Gasteiger partial charge in [-0.3, -0.25) is 9.59 Å². The van der Waals surface area contributed by atoms with Gasteiger partial charge in [-0.25, -0.2) is 0 Å². The maximum absolute atomic E-state index is 12.6. The number of carbonyl (C=O) groups excluding carboxylic acids is 1. The highest BCUT2D eigenvalue weighted by molar-refractivity contribution is 8.15. The average molecular weight is 494 g/mol. The van der Waals surface area contributed by atoms with Crippen molar-refractivity contribution in [1.82, 2.24) is 5.32 Å². The third kappa shape index (κ3) is 6.23. The molecule has 11 nitrogen and oxygen atoms in total. The van der Waals surface area contributed by atoms with E-state index >= 15 is 0 Å². The molecule has 1 amide bonds. The Kier molecular flexibility index (Phi) is 7.55. The molecule has 174 valence electrons. The maximum Gasteiger partial charge on any atom is 0.339 e. The topological polar surface area (TPSA) is 153 Å². The Labute approximate surface area is 193 Å². The first-order valence-corrected chi connectivity index (χ1v) is 11.6. The molecular weight excluding hydrogens is 474 g/mol. The van der Waals surface area contributed by atoms with E-state index in [9.17, 15) is 18.0 Å². The zero-order chi connectivity index (χ0) is 24.0. The number of rotatable bonds is 9. The molecule has 33 heavy (non-hydrogen) atoms. The maximum atomic E-state index is 12.6. The molecule has 3 rings (SSSR count). The summed E-state index contributed by atoms with van der Waals surface area (Å²) in [5.41, 5.74) is 0.516. The first-order chi connectivity index (χ1) is 15.7. The number of carboxylic acid groups (broad SMARTS) is 1. The van der Waals surface area contributed by atoms with Gasteiger partial charge in [-0.15, -0.1) is 5.10 Å². The normalized spacial score (nSPS) is 17.2. The molecule has 0 unspecified atom stereocenters. The van der Waals surface area contributed by atoms with Crippen LogP contribution in [0.15, 0.2) is 57.6 Å². The highest BCUT2D eigenvalue weighted by atomic mass is 32.2. The summed E-state index contributed by atoms with van der Waals surface area (Å²) in [5, 5.41) is 18.4. The molecule has 0 aliphatic carbocycles. The Hall–Kier alpha value is -3.58. The van der Waals surface area contributed by atoms with Crippen LogP contribution in [0.2, 0.25) is 0 Å². The molecule has 13 heteroatoms. The summed E-state index contributed by atoms with van der Waals surface area (Å²) in [4.78, 5) is 22.4. The minimum atomic E-state index is -4.11. The molecule has 1 saturated heterocycles. The van der Waals surface area contributed by atoms with Crippen LogP contribution in [-0.2, 0) is 19.7 Å². The van der Waals surface area contributed by atoms with E-state index in [2.05, 4.69) is 15.5 Å². The van der Waals surface area contributed by atoms with Gasteiger partial charge in [-0.05, 0) is 48.0 Å². The first kappa shape index (κ1) is 24.1. The molecule has 2 aromatic carbocycles. The van der Waals surface area contributed by atoms with Crippen LogP contribution in [-0.4, -0.2) is 56.3 Å². The van der Waals surface area contributed by atoms with Gasteiger partial charge in [-0.2, -0.15) is 13.5 Å². The van der Waals surface area contributed by atoms with E-state index < -0.39 is 27.2 Å². The standard InChI is InChI=1S/C20H19N3O8S2/c1-29-13-4-6-14(7-5-13)33(27,28)31-15-8-3-12(9-16(15)30-2)11-21-23-20-22-19(26)17(32-20)10-18(24)25/h3-9,11,17H,10H2,1-2H3,(H,24,25)(H,22,23,26)/b21-11-/t17-/m1/s1. The Morgan fingerprint density at radius 1 is 1.15 bits per heavy atom. The van der Waals surface area contributed by atoms with Gasteiger partial charge in [0.05, 0.1) is 26.9 Å². The molecule has 0 radical (unpaired) electrons. The van der Waals surface area contributed by atoms with Crippen molar-refractivity contribution >= 4 is 45.1 Å². The zero-order valence-electron chi connectivity index (χ0n) is 17.4. The SMILES string of the molecule is COc1ccc(S(=O)(=O)Oc2ccc(/C=N\N=C3\NC(=O)[C@@H](CC(=O)O)S3)cc2OC)cc1. The van der Waals surface area contributed by atoms with Crippen molar-refractivity contribution < 1.29 is 36.8 Å². The average Bonchev–Trinajstić information content (AvgIpc) is 3.12. The Morgan fingerprint density at radius 3 is 2.52 bits per heavy atom. The fraction of sp³-hybridized carbons (Fsp3) is 0.200. The number of carbonyl (C=O) groups is 2. The van der Waals surface area contributed by atoms with Gasteiger partial charge in [-0.1, -0.05) is 11.8 Å². The van der Waals surface area contributed by atoms with Crippen molar-refractivity contribution in [1.29, 1.82) is 0 Å². The number of benzene rings is 2. The third-order valence-corrected chi connectivity index (χ3v) is 6.55. The predicted octanol–water partition coefficient (Wildman–Crippen LogP) is 1.87. The van der Waals surface area contributed by atoms with Crippen LogP contribution in [0.3, 0.4) is 0 Å². The van der Waals surface area contributed by atoms with Crippen LogP contribution >= 0.6 is 11.8 Å². The lowest BCUT2D eigenvalue weighted by molar-refractivity contribution is -0.138. The van der Waals surface area contributed by atoms with Crippen molar-refractivity contribution in [3.8, 4) is 17.2 Å². The lowest BCUT2D eigenvalue weighted by Crippen LogP contribution is -2.26. The summed E-state index contributed by atoms with van der Waals surface area (Å²) in [5.74, 6) is -0.902. The molecule has 1 fully saturated rings. The van der Waals surface area contributed by atoms with Gasteiger partial charge in [0.15, 0.2) is 16.7 Å². The third-order valence-electron chi connectivity index (χ3n) is 4.23. The van der Waals surface area contributed by atoms with Gasteiger partial charge in [0.1, 0.15) is 15.9 Å². The lowest BCUT2D eigenvalue weighted by Gasteiger charge is -2.11. The van der Waals surface area contributed by atoms with Crippen LogP contribution in [0.4, 0.5) is 0 Å². The number of thioether (sulfide) groups is 1. The summed E-state index contributed by atoms with van der Waals surface area (Å²) in [6, 6.07) is 10.2.